The number of carbonyl (C=O) groups is 1. The second-order valence-corrected chi connectivity index (χ2v) is 7.34. The van der Waals surface area contributed by atoms with E-state index in [4.69, 9.17) is 16.7 Å². The fourth-order valence-electron chi connectivity index (χ4n) is 2.60. The van der Waals surface area contributed by atoms with Gasteiger partial charge in [-0.2, -0.15) is 5.10 Å². The Balaban J connectivity index is 1.58. The van der Waals surface area contributed by atoms with Crippen molar-refractivity contribution in [2.45, 2.75) is 0 Å². The molecule has 8 heteroatoms. The van der Waals surface area contributed by atoms with E-state index in [1.165, 1.54) is 18.5 Å². The molecule has 4 aromatic rings. The predicted octanol–water partition coefficient (Wildman–Crippen LogP) is 5.16. The van der Waals surface area contributed by atoms with Gasteiger partial charge in [0.25, 0.3) is 0 Å². The third-order valence-corrected chi connectivity index (χ3v) is 5.38. The minimum absolute atomic E-state index is 0.231. The number of thiophene rings is 1. The number of nitrogens with zero attached hydrogens (tertiary/aromatic N) is 3. The highest BCUT2D eigenvalue weighted by Crippen LogP contribution is 2.36. The molecule has 0 spiro atoms. The van der Waals surface area contributed by atoms with Crippen molar-refractivity contribution in [3.05, 3.63) is 77.1 Å². The van der Waals surface area contributed by atoms with Gasteiger partial charge in [0.1, 0.15) is 6.33 Å². The molecule has 0 bridgehead atoms. The Labute approximate surface area is 169 Å². The van der Waals surface area contributed by atoms with E-state index in [0.717, 1.165) is 26.2 Å². The Bertz CT molecular complexity index is 1190. The standard InChI is InChI=1S/C20H13ClN4O2S/c21-15-3-1-2-14(8-15)17-9-16-18(28-17)19(23-11-22-16)25-24-10-12-4-6-13(7-5-12)20(26)27/h1-11H,(H,26,27)(H,22,23,25). The van der Waals surface area contributed by atoms with Crippen molar-refractivity contribution in [2.75, 3.05) is 5.43 Å². The van der Waals surface area contributed by atoms with Gasteiger partial charge in [-0.15, -0.1) is 11.3 Å². The molecule has 2 N–H and O–H groups in total. The maximum atomic E-state index is 10.9. The number of hydrogen-bond acceptors (Lipinski definition) is 6. The van der Waals surface area contributed by atoms with Gasteiger partial charge < -0.3 is 5.11 Å². The Hall–Kier alpha value is -3.29. The monoisotopic (exact) mass is 408 g/mol. The van der Waals surface area contributed by atoms with E-state index >= 15 is 0 Å². The molecule has 138 valence electrons. The van der Waals surface area contributed by atoms with Crippen LogP contribution in [0.2, 0.25) is 5.02 Å². The minimum atomic E-state index is -0.960. The summed E-state index contributed by atoms with van der Waals surface area (Å²) in [6, 6.07) is 16.1. The molecule has 0 unspecified atom stereocenters. The number of hydrogen-bond donors (Lipinski definition) is 2. The lowest BCUT2D eigenvalue weighted by atomic mass is 10.1. The summed E-state index contributed by atoms with van der Waals surface area (Å²) >= 11 is 7.64. The first kappa shape index (κ1) is 18.1. The van der Waals surface area contributed by atoms with Crippen molar-refractivity contribution >= 4 is 51.2 Å². The number of carboxylic acid groups (broad SMARTS) is 1. The van der Waals surface area contributed by atoms with E-state index in [-0.39, 0.29) is 5.56 Å². The van der Waals surface area contributed by atoms with Gasteiger partial charge in [-0.1, -0.05) is 35.9 Å². The number of aromatic carboxylic acids is 1. The largest absolute Gasteiger partial charge is 0.478 e. The summed E-state index contributed by atoms with van der Waals surface area (Å²) in [7, 11) is 0. The molecule has 0 aliphatic carbocycles. The van der Waals surface area contributed by atoms with Gasteiger partial charge in [0.05, 0.1) is 22.0 Å². The number of fused-ring (bicyclic) bond motifs is 1. The van der Waals surface area contributed by atoms with Crippen molar-refractivity contribution < 1.29 is 9.90 Å². The lowest BCUT2D eigenvalue weighted by Gasteiger charge is -2.00. The molecule has 0 saturated carbocycles. The smallest absolute Gasteiger partial charge is 0.335 e. The summed E-state index contributed by atoms with van der Waals surface area (Å²) < 4.78 is 0.885. The zero-order valence-corrected chi connectivity index (χ0v) is 15.9. The molecule has 2 aromatic carbocycles. The third kappa shape index (κ3) is 3.85. The highest BCUT2D eigenvalue weighted by molar-refractivity contribution is 7.22. The van der Waals surface area contributed by atoms with E-state index < -0.39 is 5.97 Å². The molecule has 2 heterocycles. The minimum Gasteiger partial charge on any atom is -0.478 e. The fourth-order valence-corrected chi connectivity index (χ4v) is 3.83. The van der Waals surface area contributed by atoms with Crippen LogP contribution in [0.5, 0.6) is 0 Å². The molecule has 6 nitrogen and oxygen atoms in total. The SMILES string of the molecule is O=C(O)c1ccc(C=NNc2ncnc3cc(-c4cccc(Cl)c4)sc23)cc1. The highest BCUT2D eigenvalue weighted by atomic mass is 35.5. The molecule has 0 aliphatic heterocycles. The average Bonchev–Trinajstić information content (AvgIpc) is 3.14. The third-order valence-electron chi connectivity index (χ3n) is 3.96. The van der Waals surface area contributed by atoms with Crippen molar-refractivity contribution in [2.24, 2.45) is 5.10 Å². The molecule has 0 aliphatic rings. The van der Waals surface area contributed by atoms with Crippen LogP contribution in [0.1, 0.15) is 15.9 Å². The summed E-state index contributed by atoms with van der Waals surface area (Å²) in [5.74, 6) is -0.361. The Kier molecular flexibility index (Phi) is 5.01. The van der Waals surface area contributed by atoms with Crippen LogP contribution in [-0.4, -0.2) is 27.3 Å². The van der Waals surface area contributed by atoms with Crippen LogP contribution in [0.3, 0.4) is 0 Å². The summed E-state index contributed by atoms with van der Waals surface area (Å²) in [6.07, 6.45) is 3.08. The normalized spacial score (nSPS) is 11.2. The van der Waals surface area contributed by atoms with Crippen molar-refractivity contribution in [3.8, 4) is 10.4 Å². The number of aromatic nitrogens is 2. The van der Waals surface area contributed by atoms with Gasteiger partial charge in [0.15, 0.2) is 5.82 Å². The summed E-state index contributed by atoms with van der Waals surface area (Å²) in [5, 5.41) is 13.8. The second-order valence-electron chi connectivity index (χ2n) is 5.85. The van der Waals surface area contributed by atoms with Crippen molar-refractivity contribution in [1.29, 1.82) is 0 Å². The molecule has 2 aromatic heterocycles. The number of rotatable bonds is 5. The van der Waals surface area contributed by atoms with Gasteiger partial charge >= 0.3 is 5.97 Å². The summed E-state index contributed by atoms with van der Waals surface area (Å²) in [4.78, 5) is 20.5. The van der Waals surface area contributed by atoms with Crippen LogP contribution in [0, 0.1) is 0 Å². The first-order valence-corrected chi connectivity index (χ1v) is 9.42. The average molecular weight is 409 g/mol. The molecule has 0 radical (unpaired) electrons. The molecule has 0 saturated heterocycles. The molecular formula is C20H13ClN4O2S. The van der Waals surface area contributed by atoms with Crippen molar-refractivity contribution in [1.82, 2.24) is 9.97 Å². The van der Waals surface area contributed by atoms with E-state index in [1.807, 2.05) is 30.3 Å². The van der Waals surface area contributed by atoms with E-state index in [0.29, 0.717) is 10.8 Å². The van der Waals surface area contributed by atoms with Crippen molar-refractivity contribution in [3.63, 3.8) is 0 Å². The highest BCUT2D eigenvalue weighted by Gasteiger charge is 2.10. The molecular weight excluding hydrogens is 396 g/mol. The summed E-state index contributed by atoms with van der Waals surface area (Å²) in [6.45, 7) is 0. The Morgan fingerprint density at radius 2 is 1.96 bits per heavy atom. The van der Waals surface area contributed by atoms with Gasteiger partial charge in [-0.25, -0.2) is 14.8 Å². The summed E-state index contributed by atoms with van der Waals surface area (Å²) in [5.41, 5.74) is 5.77. The van der Waals surface area contributed by atoms with E-state index in [1.54, 1.807) is 29.7 Å². The van der Waals surface area contributed by atoms with Gasteiger partial charge in [-0.05, 0) is 41.5 Å². The first-order valence-electron chi connectivity index (χ1n) is 8.23. The molecule has 4 rings (SSSR count). The van der Waals surface area contributed by atoms with Crippen LogP contribution in [0.15, 0.2) is 66.0 Å². The lowest BCUT2D eigenvalue weighted by molar-refractivity contribution is 0.0697. The van der Waals surface area contributed by atoms with Crippen LogP contribution in [0.25, 0.3) is 20.7 Å². The van der Waals surface area contributed by atoms with E-state index in [9.17, 15) is 4.79 Å². The molecule has 0 atom stereocenters. The fraction of sp³-hybridized carbons (Fsp3) is 0. The number of carboxylic acids is 1. The maximum Gasteiger partial charge on any atom is 0.335 e. The predicted molar refractivity (Wildman–Crippen MR) is 112 cm³/mol. The number of anilines is 1. The molecule has 0 amide bonds. The molecule has 28 heavy (non-hydrogen) atoms. The number of hydrazone groups is 1. The second kappa shape index (κ2) is 7.75. The Morgan fingerprint density at radius 3 is 2.71 bits per heavy atom. The maximum absolute atomic E-state index is 10.9. The first-order chi connectivity index (χ1) is 13.6. The Morgan fingerprint density at radius 1 is 1.14 bits per heavy atom. The zero-order valence-electron chi connectivity index (χ0n) is 14.3. The zero-order chi connectivity index (χ0) is 19.5. The van der Waals surface area contributed by atoms with Crippen LogP contribution in [-0.2, 0) is 0 Å². The van der Waals surface area contributed by atoms with Crippen LogP contribution >= 0.6 is 22.9 Å². The lowest BCUT2D eigenvalue weighted by Crippen LogP contribution is -1.97. The number of benzene rings is 2. The van der Waals surface area contributed by atoms with Crippen LogP contribution < -0.4 is 5.43 Å². The number of halogens is 1. The van der Waals surface area contributed by atoms with Gasteiger partial charge in [-0.3, -0.25) is 5.43 Å². The quantitative estimate of drug-likeness (QED) is 0.352. The number of nitrogens with one attached hydrogen (secondary N) is 1. The van der Waals surface area contributed by atoms with Gasteiger partial charge in [0.2, 0.25) is 0 Å². The van der Waals surface area contributed by atoms with Crippen LogP contribution in [0.4, 0.5) is 5.82 Å². The molecule has 0 fully saturated rings. The van der Waals surface area contributed by atoms with Gasteiger partial charge in [0, 0.05) is 9.90 Å². The van der Waals surface area contributed by atoms with E-state index in [2.05, 4.69) is 20.5 Å². The topological polar surface area (TPSA) is 87.5 Å².